The van der Waals surface area contributed by atoms with Crippen LogP contribution in [0.1, 0.15) is 6.92 Å². The molecule has 8 heteroatoms. The van der Waals surface area contributed by atoms with E-state index >= 15 is 0 Å². The van der Waals surface area contributed by atoms with Gasteiger partial charge in [-0.25, -0.2) is 0 Å². The van der Waals surface area contributed by atoms with Crippen LogP contribution < -0.4 is 5.32 Å². The van der Waals surface area contributed by atoms with Gasteiger partial charge in [0.2, 0.25) is 0 Å². The summed E-state index contributed by atoms with van der Waals surface area (Å²) in [6, 6.07) is -1.33. The highest BCUT2D eigenvalue weighted by molar-refractivity contribution is 5.74. The summed E-state index contributed by atoms with van der Waals surface area (Å²) in [6.07, 6.45) is -6.01. The molecule has 0 aromatic rings. The van der Waals surface area contributed by atoms with Gasteiger partial charge in [-0.15, -0.1) is 0 Å². The second-order valence-electron chi connectivity index (χ2n) is 3.98. The van der Waals surface area contributed by atoms with Crippen molar-refractivity contribution in [2.75, 3.05) is 6.61 Å². The van der Waals surface area contributed by atoms with Crippen LogP contribution in [0, 0.1) is 0 Å². The number of carboxylic acids is 1. The first-order valence-electron chi connectivity index (χ1n) is 5.17. The Morgan fingerprint density at radius 3 is 2.35 bits per heavy atom. The molecule has 0 spiro atoms. The molecule has 0 aliphatic carbocycles. The van der Waals surface area contributed by atoms with Crippen molar-refractivity contribution in [3.8, 4) is 0 Å². The van der Waals surface area contributed by atoms with E-state index in [2.05, 4.69) is 5.32 Å². The molecule has 1 rings (SSSR count). The van der Waals surface area contributed by atoms with Crippen LogP contribution in [-0.2, 0) is 9.53 Å². The average molecular weight is 251 g/mol. The zero-order valence-corrected chi connectivity index (χ0v) is 9.22. The third-order valence-electron chi connectivity index (χ3n) is 2.63. The third-order valence-corrected chi connectivity index (χ3v) is 2.63. The minimum absolute atomic E-state index is 0.497. The molecular weight excluding hydrogens is 234 g/mol. The van der Waals surface area contributed by atoms with Crippen LogP contribution in [0.2, 0.25) is 0 Å². The monoisotopic (exact) mass is 251 g/mol. The number of aliphatic carboxylic acids is 1. The van der Waals surface area contributed by atoms with Crippen molar-refractivity contribution in [2.24, 2.45) is 0 Å². The van der Waals surface area contributed by atoms with Crippen LogP contribution >= 0.6 is 0 Å². The summed E-state index contributed by atoms with van der Waals surface area (Å²) >= 11 is 0. The average Bonchev–Trinajstić information content (AvgIpc) is 2.52. The van der Waals surface area contributed by atoms with Gasteiger partial charge in [0, 0.05) is 0 Å². The van der Waals surface area contributed by atoms with Crippen molar-refractivity contribution in [2.45, 2.75) is 43.6 Å². The van der Waals surface area contributed by atoms with Crippen molar-refractivity contribution in [3.05, 3.63) is 0 Å². The molecule has 0 amide bonds. The van der Waals surface area contributed by atoms with Crippen molar-refractivity contribution in [1.82, 2.24) is 5.32 Å². The Labute approximate surface area is 97.4 Å². The quantitative estimate of drug-likeness (QED) is 0.301. The maximum Gasteiger partial charge on any atom is 0.323 e. The highest BCUT2D eigenvalue weighted by Gasteiger charge is 2.44. The van der Waals surface area contributed by atoms with Crippen molar-refractivity contribution >= 4 is 5.97 Å². The topological polar surface area (TPSA) is 139 Å². The Morgan fingerprint density at radius 2 is 2.00 bits per heavy atom. The molecule has 0 aromatic carbocycles. The molecule has 8 nitrogen and oxygen atoms in total. The number of carboxylic acid groups (broad SMARTS) is 1. The number of aliphatic hydroxyl groups excluding tert-OH is 4. The van der Waals surface area contributed by atoms with Gasteiger partial charge < -0.3 is 30.3 Å². The van der Waals surface area contributed by atoms with E-state index in [-0.39, 0.29) is 0 Å². The van der Waals surface area contributed by atoms with Gasteiger partial charge in [-0.05, 0) is 6.92 Å². The van der Waals surface area contributed by atoms with Crippen LogP contribution in [0.3, 0.4) is 0 Å². The molecule has 1 saturated heterocycles. The predicted octanol–water partition coefficient (Wildman–Crippen LogP) is -3.15. The smallest absolute Gasteiger partial charge is 0.323 e. The molecule has 0 saturated carbocycles. The van der Waals surface area contributed by atoms with E-state index in [1.54, 1.807) is 0 Å². The van der Waals surface area contributed by atoms with Crippen LogP contribution in [0.25, 0.3) is 0 Å². The van der Waals surface area contributed by atoms with Crippen molar-refractivity contribution in [1.29, 1.82) is 0 Å². The minimum Gasteiger partial charge on any atom is -0.480 e. The first kappa shape index (κ1) is 14.3. The molecule has 1 aliphatic heterocycles. The number of ether oxygens (including phenoxy) is 1. The van der Waals surface area contributed by atoms with Gasteiger partial charge in [0.25, 0.3) is 0 Å². The standard InChI is InChI=1S/C9H17NO7/c1-3(12)5(9(15)16)10-8-7(14)6(13)4(2-11)17-8/h3-8,10-14H,2H2,1H3,(H,15,16)/t3-,4+,5+,6+,7-,8-/m1/s1. The molecule has 6 atom stereocenters. The Morgan fingerprint density at radius 1 is 1.41 bits per heavy atom. The highest BCUT2D eigenvalue weighted by atomic mass is 16.6. The Bertz CT molecular complexity index is 272. The number of hydrogen-bond donors (Lipinski definition) is 6. The van der Waals surface area contributed by atoms with E-state index in [0.29, 0.717) is 0 Å². The lowest BCUT2D eigenvalue weighted by Crippen LogP contribution is -2.53. The first-order chi connectivity index (χ1) is 7.88. The molecule has 17 heavy (non-hydrogen) atoms. The molecule has 1 heterocycles. The van der Waals surface area contributed by atoms with Gasteiger partial charge >= 0.3 is 5.97 Å². The fourth-order valence-corrected chi connectivity index (χ4v) is 1.63. The summed E-state index contributed by atoms with van der Waals surface area (Å²) in [5.74, 6) is -1.31. The lowest BCUT2D eigenvalue weighted by atomic mass is 10.1. The van der Waals surface area contributed by atoms with Gasteiger partial charge in [-0.1, -0.05) is 0 Å². The molecule has 0 unspecified atom stereocenters. The number of aliphatic hydroxyl groups is 4. The second kappa shape index (κ2) is 5.71. The van der Waals surface area contributed by atoms with E-state index in [1.165, 1.54) is 6.92 Å². The number of rotatable bonds is 5. The van der Waals surface area contributed by atoms with E-state index < -0.39 is 49.3 Å². The molecule has 6 N–H and O–H groups in total. The fourth-order valence-electron chi connectivity index (χ4n) is 1.63. The van der Waals surface area contributed by atoms with Gasteiger partial charge in [-0.2, -0.15) is 0 Å². The lowest BCUT2D eigenvalue weighted by Gasteiger charge is -2.23. The van der Waals surface area contributed by atoms with Gasteiger partial charge in [0.15, 0.2) is 0 Å². The van der Waals surface area contributed by atoms with Gasteiger partial charge in [0.1, 0.15) is 30.6 Å². The highest BCUT2D eigenvalue weighted by Crippen LogP contribution is 2.20. The number of nitrogens with one attached hydrogen (secondary N) is 1. The summed E-state index contributed by atoms with van der Waals surface area (Å²) in [5, 5.41) is 48.2. The van der Waals surface area contributed by atoms with Crippen LogP contribution in [0.5, 0.6) is 0 Å². The van der Waals surface area contributed by atoms with Gasteiger partial charge in [0.05, 0.1) is 12.7 Å². The summed E-state index contributed by atoms with van der Waals surface area (Å²) in [5.41, 5.74) is 0. The summed E-state index contributed by atoms with van der Waals surface area (Å²) in [6.45, 7) is 0.774. The molecule has 100 valence electrons. The number of carbonyl (C=O) groups is 1. The first-order valence-corrected chi connectivity index (χ1v) is 5.17. The van der Waals surface area contributed by atoms with E-state index in [0.717, 1.165) is 0 Å². The van der Waals surface area contributed by atoms with Crippen molar-refractivity contribution < 1.29 is 35.1 Å². The Kier molecular flexibility index (Phi) is 4.80. The number of hydrogen-bond acceptors (Lipinski definition) is 7. The molecule has 1 aliphatic rings. The second-order valence-corrected chi connectivity index (χ2v) is 3.98. The third kappa shape index (κ3) is 3.12. The summed E-state index contributed by atoms with van der Waals surface area (Å²) in [4.78, 5) is 10.8. The van der Waals surface area contributed by atoms with Gasteiger partial charge in [-0.3, -0.25) is 10.1 Å². The SMILES string of the molecule is C[C@@H](O)[C@H](N[C@@H]1O[C@@H](CO)[C@H](O)[C@H]1O)C(=O)O. The van der Waals surface area contributed by atoms with Crippen LogP contribution in [-0.4, -0.2) is 74.8 Å². The molecular formula is C9H17NO7. The van der Waals surface area contributed by atoms with Crippen molar-refractivity contribution in [3.63, 3.8) is 0 Å². The van der Waals surface area contributed by atoms with E-state index in [4.69, 9.17) is 14.9 Å². The zero-order valence-electron chi connectivity index (χ0n) is 9.22. The largest absolute Gasteiger partial charge is 0.480 e. The summed E-state index contributed by atoms with van der Waals surface area (Å²) in [7, 11) is 0. The molecule has 1 fully saturated rings. The summed E-state index contributed by atoms with van der Waals surface area (Å²) < 4.78 is 5.03. The maximum atomic E-state index is 10.8. The molecule has 0 radical (unpaired) electrons. The van der Waals surface area contributed by atoms with Crippen LogP contribution in [0.15, 0.2) is 0 Å². The maximum absolute atomic E-state index is 10.8. The Balaban J connectivity index is 2.65. The minimum atomic E-state index is -1.37. The normalized spacial score (nSPS) is 36.8. The van der Waals surface area contributed by atoms with E-state index in [1.807, 2.05) is 0 Å². The zero-order chi connectivity index (χ0) is 13.2. The predicted molar refractivity (Wildman–Crippen MR) is 54.0 cm³/mol. The Hall–Kier alpha value is -0.770. The van der Waals surface area contributed by atoms with E-state index in [9.17, 15) is 20.1 Å². The van der Waals surface area contributed by atoms with Crippen LogP contribution in [0.4, 0.5) is 0 Å². The lowest BCUT2D eigenvalue weighted by molar-refractivity contribution is -0.145. The fraction of sp³-hybridized carbons (Fsp3) is 0.889. The molecule has 0 bridgehead atoms. The molecule has 0 aromatic heterocycles.